The zero-order valence-corrected chi connectivity index (χ0v) is 12.5. The highest BCUT2D eigenvalue weighted by molar-refractivity contribution is 5.84. The van der Waals surface area contributed by atoms with Gasteiger partial charge in [0.05, 0.1) is 25.6 Å². The molecule has 0 radical (unpaired) electrons. The highest BCUT2D eigenvalue weighted by atomic mass is 16.5. The third-order valence-electron chi connectivity index (χ3n) is 2.90. The van der Waals surface area contributed by atoms with Crippen LogP contribution in [0.1, 0.15) is 26.7 Å². The SMILES string of the molecule is COCCN(CCC(=O)OC)C(=O)CC(C)(C)C(=O)O. The number of rotatable bonds is 9. The van der Waals surface area contributed by atoms with Crippen LogP contribution in [-0.2, 0) is 23.9 Å². The van der Waals surface area contributed by atoms with E-state index in [-0.39, 0.29) is 25.3 Å². The van der Waals surface area contributed by atoms with Crippen LogP contribution in [0.15, 0.2) is 0 Å². The maximum Gasteiger partial charge on any atom is 0.309 e. The summed E-state index contributed by atoms with van der Waals surface area (Å²) in [6, 6.07) is 0. The van der Waals surface area contributed by atoms with Crippen molar-refractivity contribution in [1.82, 2.24) is 4.90 Å². The highest BCUT2D eigenvalue weighted by Gasteiger charge is 2.32. The van der Waals surface area contributed by atoms with Crippen LogP contribution < -0.4 is 0 Å². The summed E-state index contributed by atoms with van der Waals surface area (Å²) < 4.78 is 9.43. The van der Waals surface area contributed by atoms with E-state index < -0.39 is 17.4 Å². The van der Waals surface area contributed by atoms with Crippen LogP contribution in [0.2, 0.25) is 0 Å². The molecule has 0 aromatic heterocycles. The van der Waals surface area contributed by atoms with E-state index in [1.807, 2.05) is 0 Å². The maximum absolute atomic E-state index is 12.1. The van der Waals surface area contributed by atoms with Crippen molar-refractivity contribution in [1.29, 1.82) is 0 Å². The van der Waals surface area contributed by atoms with Crippen LogP contribution in [-0.4, -0.2) is 61.8 Å². The van der Waals surface area contributed by atoms with Gasteiger partial charge in [-0.3, -0.25) is 14.4 Å². The second-order valence-corrected chi connectivity index (χ2v) is 5.07. The van der Waals surface area contributed by atoms with Crippen molar-refractivity contribution in [2.45, 2.75) is 26.7 Å². The van der Waals surface area contributed by atoms with E-state index in [0.717, 1.165) is 0 Å². The molecule has 0 aromatic rings. The molecule has 20 heavy (non-hydrogen) atoms. The Morgan fingerprint density at radius 1 is 1.15 bits per heavy atom. The van der Waals surface area contributed by atoms with Gasteiger partial charge in [0.2, 0.25) is 5.91 Å². The van der Waals surface area contributed by atoms with Gasteiger partial charge in [-0.15, -0.1) is 0 Å². The summed E-state index contributed by atoms with van der Waals surface area (Å²) in [5.41, 5.74) is -1.15. The van der Waals surface area contributed by atoms with Gasteiger partial charge in [-0.25, -0.2) is 0 Å². The number of carboxylic acid groups (broad SMARTS) is 1. The summed E-state index contributed by atoms with van der Waals surface area (Å²) in [5.74, 6) is -1.78. The van der Waals surface area contributed by atoms with Gasteiger partial charge in [-0.1, -0.05) is 0 Å². The Balaban J connectivity index is 4.63. The molecule has 0 saturated carbocycles. The third-order valence-corrected chi connectivity index (χ3v) is 2.90. The molecule has 0 heterocycles. The molecule has 0 atom stereocenters. The molecule has 0 aliphatic heterocycles. The fourth-order valence-corrected chi connectivity index (χ4v) is 1.46. The van der Waals surface area contributed by atoms with Crippen molar-refractivity contribution in [2.75, 3.05) is 33.9 Å². The zero-order valence-electron chi connectivity index (χ0n) is 12.5. The molecule has 7 nitrogen and oxygen atoms in total. The Hall–Kier alpha value is -1.63. The Bertz CT molecular complexity index is 353. The number of carbonyl (C=O) groups is 3. The Kier molecular flexibility index (Phi) is 7.83. The predicted octanol–water partition coefficient (Wildman–Crippen LogP) is 0.525. The van der Waals surface area contributed by atoms with Crippen molar-refractivity contribution >= 4 is 17.8 Å². The molecular formula is C13H23NO6. The first kappa shape index (κ1) is 18.4. The minimum Gasteiger partial charge on any atom is -0.481 e. The minimum atomic E-state index is -1.15. The third kappa shape index (κ3) is 6.51. The molecule has 116 valence electrons. The summed E-state index contributed by atoms with van der Waals surface area (Å²) in [7, 11) is 2.78. The Labute approximate surface area is 118 Å². The molecule has 1 amide bonds. The molecule has 1 N–H and O–H groups in total. The number of hydrogen-bond donors (Lipinski definition) is 1. The average Bonchev–Trinajstić information content (AvgIpc) is 2.37. The largest absolute Gasteiger partial charge is 0.481 e. The lowest BCUT2D eigenvalue weighted by atomic mass is 9.89. The number of carboxylic acids is 1. The molecule has 0 aliphatic carbocycles. The minimum absolute atomic E-state index is 0.0689. The molecule has 0 fully saturated rings. The van der Waals surface area contributed by atoms with Gasteiger partial charge in [0.25, 0.3) is 0 Å². The van der Waals surface area contributed by atoms with Crippen molar-refractivity contribution in [3.63, 3.8) is 0 Å². The second kappa shape index (κ2) is 8.52. The number of carbonyl (C=O) groups excluding carboxylic acids is 2. The van der Waals surface area contributed by atoms with Gasteiger partial charge in [0, 0.05) is 26.6 Å². The summed E-state index contributed by atoms with van der Waals surface area (Å²) in [6.07, 6.45) is -0.0628. The number of amides is 1. The predicted molar refractivity (Wildman–Crippen MR) is 71.1 cm³/mol. The normalized spacial score (nSPS) is 11.0. The van der Waals surface area contributed by atoms with Crippen molar-refractivity contribution in [3.8, 4) is 0 Å². The number of hydrogen-bond acceptors (Lipinski definition) is 5. The van der Waals surface area contributed by atoms with E-state index in [0.29, 0.717) is 13.2 Å². The summed E-state index contributed by atoms with van der Waals surface area (Å²) in [5, 5.41) is 9.03. The lowest BCUT2D eigenvalue weighted by Crippen LogP contribution is -2.39. The van der Waals surface area contributed by atoms with Gasteiger partial charge in [0.1, 0.15) is 0 Å². The van der Waals surface area contributed by atoms with E-state index in [4.69, 9.17) is 9.84 Å². The monoisotopic (exact) mass is 289 g/mol. The lowest BCUT2D eigenvalue weighted by Gasteiger charge is -2.26. The molecule has 0 saturated heterocycles. The standard InChI is InChI=1S/C13H23NO6/c1-13(2,12(17)18)9-10(15)14(7-8-19-3)6-5-11(16)20-4/h5-9H2,1-4H3,(H,17,18). The molecular weight excluding hydrogens is 266 g/mol. The number of aliphatic carboxylic acids is 1. The maximum atomic E-state index is 12.1. The van der Waals surface area contributed by atoms with Crippen LogP contribution >= 0.6 is 0 Å². The van der Waals surface area contributed by atoms with Crippen LogP contribution in [0.4, 0.5) is 0 Å². The lowest BCUT2D eigenvalue weighted by molar-refractivity contribution is -0.152. The highest BCUT2D eigenvalue weighted by Crippen LogP contribution is 2.21. The van der Waals surface area contributed by atoms with Crippen LogP contribution in [0.25, 0.3) is 0 Å². The van der Waals surface area contributed by atoms with Crippen LogP contribution in [0.5, 0.6) is 0 Å². The van der Waals surface area contributed by atoms with Crippen molar-refractivity contribution in [3.05, 3.63) is 0 Å². The number of methoxy groups -OCH3 is 2. The zero-order chi connectivity index (χ0) is 15.8. The fraction of sp³-hybridized carbons (Fsp3) is 0.769. The molecule has 7 heteroatoms. The van der Waals surface area contributed by atoms with E-state index in [1.54, 1.807) is 0 Å². The van der Waals surface area contributed by atoms with Gasteiger partial charge in [-0.05, 0) is 13.8 Å². The average molecular weight is 289 g/mol. The smallest absolute Gasteiger partial charge is 0.309 e. The topological polar surface area (TPSA) is 93.1 Å². The number of esters is 1. The van der Waals surface area contributed by atoms with Gasteiger partial charge >= 0.3 is 11.9 Å². The summed E-state index contributed by atoms with van der Waals surface area (Å²) in [6.45, 7) is 3.79. The molecule has 0 spiro atoms. The molecule has 0 rings (SSSR count). The number of nitrogens with zero attached hydrogens (tertiary/aromatic N) is 1. The van der Waals surface area contributed by atoms with E-state index in [9.17, 15) is 14.4 Å². The second-order valence-electron chi connectivity index (χ2n) is 5.07. The summed E-state index contributed by atoms with van der Waals surface area (Å²) in [4.78, 5) is 35.7. The first-order valence-corrected chi connectivity index (χ1v) is 6.31. The van der Waals surface area contributed by atoms with E-state index in [2.05, 4.69) is 4.74 Å². The molecule has 0 bridgehead atoms. The first-order valence-electron chi connectivity index (χ1n) is 6.31. The molecule has 0 aliphatic rings. The van der Waals surface area contributed by atoms with Crippen molar-refractivity contribution < 1.29 is 29.0 Å². The quantitative estimate of drug-likeness (QED) is 0.622. The Morgan fingerprint density at radius 3 is 2.20 bits per heavy atom. The van der Waals surface area contributed by atoms with Crippen LogP contribution in [0, 0.1) is 5.41 Å². The molecule has 0 aromatic carbocycles. The van der Waals surface area contributed by atoms with Gasteiger partial charge in [-0.2, -0.15) is 0 Å². The van der Waals surface area contributed by atoms with Gasteiger partial charge in [0.15, 0.2) is 0 Å². The van der Waals surface area contributed by atoms with E-state index in [1.165, 1.54) is 33.0 Å². The summed E-state index contributed by atoms with van der Waals surface area (Å²) >= 11 is 0. The number of ether oxygens (including phenoxy) is 2. The van der Waals surface area contributed by atoms with Gasteiger partial charge < -0.3 is 19.5 Å². The van der Waals surface area contributed by atoms with Crippen LogP contribution in [0.3, 0.4) is 0 Å². The van der Waals surface area contributed by atoms with E-state index >= 15 is 0 Å². The fourth-order valence-electron chi connectivity index (χ4n) is 1.46. The van der Waals surface area contributed by atoms with Crippen molar-refractivity contribution in [2.24, 2.45) is 5.41 Å². The Morgan fingerprint density at radius 2 is 1.75 bits per heavy atom. The molecule has 0 unspecified atom stereocenters. The first-order chi connectivity index (χ1) is 9.24.